The molecule has 0 atom stereocenters. The van der Waals surface area contributed by atoms with Gasteiger partial charge in [-0.15, -0.1) is 0 Å². The van der Waals surface area contributed by atoms with Crippen LogP contribution in [0.3, 0.4) is 0 Å². The highest BCUT2D eigenvalue weighted by molar-refractivity contribution is 7.71. The molecule has 9 heteroatoms. The van der Waals surface area contributed by atoms with Gasteiger partial charge in [0.05, 0.1) is 25.3 Å². The van der Waals surface area contributed by atoms with E-state index in [4.69, 9.17) is 17.0 Å². The van der Waals surface area contributed by atoms with Crippen LogP contribution < -0.4 is 15.9 Å². The third-order valence-corrected chi connectivity index (χ3v) is 4.38. The van der Waals surface area contributed by atoms with Crippen molar-refractivity contribution < 1.29 is 9.53 Å². The van der Waals surface area contributed by atoms with E-state index in [9.17, 15) is 9.59 Å². The zero-order valence-corrected chi connectivity index (χ0v) is 15.8. The van der Waals surface area contributed by atoms with Crippen LogP contribution in [0.1, 0.15) is 18.2 Å². The molecule has 1 fully saturated rings. The summed E-state index contributed by atoms with van der Waals surface area (Å²) in [5.74, 6) is -0.337. The summed E-state index contributed by atoms with van der Waals surface area (Å²) in [6.45, 7) is 5.07. The molecule has 0 bridgehead atoms. The summed E-state index contributed by atoms with van der Waals surface area (Å²) >= 11 is 4.89. The van der Waals surface area contributed by atoms with Crippen molar-refractivity contribution in [1.29, 1.82) is 0 Å². The lowest BCUT2D eigenvalue weighted by molar-refractivity contribution is -0.120. The highest BCUT2D eigenvalue weighted by Crippen LogP contribution is 2.17. The van der Waals surface area contributed by atoms with E-state index in [1.165, 1.54) is 6.07 Å². The Morgan fingerprint density at radius 2 is 1.96 bits per heavy atom. The van der Waals surface area contributed by atoms with Crippen molar-refractivity contribution in [3.05, 3.63) is 56.7 Å². The SMILES string of the molecule is C/C(=N/NC(=O)Cc1cc(=O)[nH]c(=S)[nH]1)c1ccc(N2CCOCC2)cc1. The van der Waals surface area contributed by atoms with Gasteiger partial charge in [0.15, 0.2) is 4.77 Å². The summed E-state index contributed by atoms with van der Waals surface area (Å²) in [5.41, 5.74) is 5.34. The Morgan fingerprint density at radius 3 is 2.63 bits per heavy atom. The Bertz CT molecular complexity index is 914. The average Bonchev–Trinajstić information content (AvgIpc) is 2.66. The van der Waals surface area contributed by atoms with E-state index >= 15 is 0 Å². The van der Waals surface area contributed by atoms with Crippen molar-refractivity contribution in [3.8, 4) is 0 Å². The van der Waals surface area contributed by atoms with Crippen LogP contribution in [0.15, 0.2) is 40.2 Å². The van der Waals surface area contributed by atoms with Gasteiger partial charge in [0.25, 0.3) is 5.56 Å². The lowest BCUT2D eigenvalue weighted by Crippen LogP contribution is -2.36. The van der Waals surface area contributed by atoms with Gasteiger partial charge < -0.3 is 14.6 Å². The molecule has 1 aliphatic heterocycles. The molecule has 1 amide bonds. The molecule has 3 N–H and O–H groups in total. The molecule has 1 aliphatic rings. The Hall–Kier alpha value is -2.78. The second kappa shape index (κ2) is 8.74. The van der Waals surface area contributed by atoms with E-state index in [2.05, 4.69) is 25.4 Å². The molecule has 0 radical (unpaired) electrons. The second-order valence-corrected chi connectivity index (χ2v) is 6.58. The first-order valence-electron chi connectivity index (χ1n) is 8.60. The van der Waals surface area contributed by atoms with Crippen LogP contribution in [0.5, 0.6) is 0 Å². The standard InChI is InChI=1S/C18H21N5O3S/c1-12(13-2-4-15(5-3-13)23-6-8-26-9-7-23)21-22-17(25)11-14-10-16(24)20-18(27)19-14/h2-5,10H,6-9,11H2,1H3,(H,22,25)(H2,19,20,24,27)/b21-12-. The lowest BCUT2D eigenvalue weighted by atomic mass is 10.1. The van der Waals surface area contributed by atoms with E-state index in [1.54, 1.807) is 0 Å². The Morgan fingerprint density at radius 1 is 1.26 bits per heavy atom. The molecule has 27 heavy (non-hydrogen) atoms. The number of aromatic nitrogens is 2. The van der Waals surface area contributed by atoms with E-state index in [1.807, 2.05) is 31.2 Å². The third-order valence-electron chi connectivity index (χ3n) is 4.18. The highest BCUT2D eigenvalue weighted by Gasteiger charge is 2.11. The van der Waals surface area contributed by atoms with Crippen molar-refractivity contribution in [2.75, 3.05) is 31.2 Å². The number of carbonyl (C=O) groups is 1. The third kappa shape index (κ3) is 5.35. The molecule has 1 saturated heterocycles. The predicted octanol–water partition coefficient (Wildman–Crippen LogP) is 1.35. The van der Waals surface area contributed by atoms with Gasteiger partial charge in [0, 0.05) is 30.5 Å². The monoisotopic (exact) mass is 387 g/mol. The Balaban J connectivity index is 1.60. The topological polar surface area (TPSA) is 103 Å². The number of hydrogen-bond acceptors (Lipinski definition) is 6. The van der Waals surface area contributed by atoms with Crippen LogP contribution >= 0.6 is 12.2 Å². The summed E-state index contributed by atoms with van der Waals surface area (Å²) < 4.78 is 5.55. The number of rotatable bonds is 5. The van der Waals surface area contributed by atoms with E-state index < -0.39 is 0 Å². The summed E-state index contributed by atoms with van der Waals surface area (Å²) in [6.07, 6.45) is -0.0136. The minimum atomic E-state index is -0.346. The van der Waals surface area contributed by atoms with Crippen molar-refractivity contribution in [2.45, 2.75) is 13.3 Å². The van der Waals surface area contributed by atoms with Gasteiger partial charge in [-0.2, -0.15) is 5.10 Å². The maximum Gasteiger partial charge on any atom is 0.251 e. The number of nitrogens with zero attached hydrogens (tertiary/aromatic N) is 2. The summed E-state index contributed by atoms with van der Waals surface area (Å²) in [7, 11) is 0. The van der Waals surface area contributed by atoms with E-state index in [-0.39, 0.29) is 22.7 Å². The second-order valence-electron chi connectivity index (χ2n) is 6.17. The van der Waals surface area contributed by atoms with Gasteiger partial charge in [0.2, 0.25) is 5.91 Å². The van der Waals surface area contributed by atoms with E-state index in [0.717, 1.165) is 37.6 Å². The quantitative estimate of drug-likeness (QED) is 0.408. The molecule has 0 unspecified atom stereocenters. The fourth-order valence-electron chi connectivity index (χ4n) is 2.77. The molecule has 3 rings (SSSR count). The first kappa shape index (κ1) is 19.0. The molecule has 8 nitrogen and oxygen atoms in total. The molecule has 0 aliphatic carbocycles. The summed E-state index contributed by atoms with van der Waals surface area (Å²) in [6, 6.07) is 9.33. The number of anilines is 1. The normalized spacial score (nSPS) is 14.9. The summed E-state index contributed by atoms with van der Waals surface area (Å²) in [5, 5.41) is 4.14. The smallest absolute Gasteiger partial charge is 0.251 e. The van der Waals surface area contributed by atoms with Crippen LogP contribution in [-0.4, -0.2) is 47.9 Å². The molecular weight excluding hydrogens is 366 g/mol. The number of morpholine rings is 1. The van der Waals surface area contributed by atoms with E-state index in [0.29, 0.717) is 11.4 Å². The number of hydrogen-bond donors (Lipinski definition) is 3. The number of amides is 1. The van der Waals surface area contributed by atoms with Crippen LogP contribution in [0.4, 0.5) is 5.69 Å². The molecule has 0 spiro atoms. The molecule has 0 saturated carbocycles. The summed E-state index contributed by atoms with van der Waals surface area (Å²) in [4.78, 5) is 30.9. The largest absolute Gasteiger partial charge is 0.378 e. The highest BCUT2D eigenvalue weighted by atomic mass is 32.1. The van der Waals surface area contributed by atoms with Crippen molar-refractivity contribution in [2.24, 2.45) is 5.10 Å². The first-order chi connectivity index (χ1) is 13.0. The van der Waals surface area contributed by atoms with Crippen LogP contribution in [0.25, 0.3) is 0 Å². The van der Waals surface area contributed by atoms with Crippen molar-refractivity contribution in [1.82, 2.24) is 15.4 Å². The fraction of sp³-hybridized carbons (Fsp3) is 0.333. The number of benzene rings is 1. The molecule has 2 heterocycles. The zero-order valence-electron chi connectivity index (χ0n) is 14.9. The number of hydrazone groups is 1. The van der Waals surface area contributed by atoms with Gasteiger partial charge in [-0.1, -0.05) is 12.1 Å². The Labute approximate surface area is 161 Å². The molecule has 1 aromatic heterocycles. The van der Waals surface area contributed by atoms with Gasteiger partial charge >= 0.3 is 0 Å². The van der Waals surface area contributed by atoms with Gasteiger partial charge in [0.1, 0.15) is 0 Å². The van der Waals surface area contributed by atoms with Gasteiger partial charge in [-0.05, 0) is 36.8 Å². The van der Waals surface area contributed by atoms with Crippen LogP contribution in [-0.2, 0) is 16.0 Å². The molecule has 2 aromatic rings. The maximum atomic E-state index is 12.0. The predicted molar refractivity (Wildman–Crippen MR) is 106 cm³/mol. The fourth-order valence-corrected chi connectivity index (χ4v) is 3.00. The lowest BCUT2D eigenvalue weighted by Gasteiger charge is -2.28. The Kier molecular flexibility index (Phi) is 6.15. The number of carbonyl (C=O) groups excluding carboxylic acids is 1. The zero-order chi connectivity index (χ0) is 19.2. The van der Waals surface area contributed by atoms with Crippen LogP contribution in [0, 0.1) is 4.77 Å². The number of aromatic amines is 2. The van der Waals surface area contributed by atoms with Crippen molar-refractivity contribution >= 4 is 29.5 Å². The molecule has 142 valence electrons. The number of ether oxygens (including phenoxy) is 1. The first-order valence-corrected chi connectivity index (χ1v) is 9.01. The number of H-pyrrole nitrogens is 2. The minimum absolute atomic E-state index is 0.0136. The minimum Gasteiger partial charge on any atom is -0.378 e. The van der Waals surface area contributed by atoms with Gasteiger partial charge in [-0.25, -0.2) is 5.43 Å². The van der Waals surface area contributed by atoms with Crippen LogP contribution in [0.2, 0.25) is 0 Å². The van der Waals surface area contributed by atoms with Crippen molar-refractivity contribution in [3.63, 3.8) is 0 Å². The number of nitrogens with one attached hydrogen (secondary N) is 3. The average molecular weight is 387 g/mol. The van der Waals surface area contributed by atoms with Gasteiger partial charge in [-0.3, -0.25) is 14.6 Å². The molecular formula is C18H21N5O3S. The molecule has 1 aromatic carbocycles. The maximum absolute atomic E-state index is 12.0.